The molecular formula is C24H29NO5. The van der Waals surface area contributed by atoms with Crippen molar-refractivity contribution in [2.24, 2.45) is 0 Å². The first-order chi connectivity index (χ1) is 14.4. The lowest BCUT2D eigenvalue weighted by molar-refractivity contribution is -0.250. The van der Waals surface area contributed by atoms with Gasteiger partial charge in [-0.1, -0.05) is 43.3 Å². The van der Waals surface area contributed by atoms with Gasteiger partial charge in [-0.2, -0.15) is 0 Å². The van der Waals surface area contributed by atoms with Crippen molar-refractivity contribution in [3.63, 3.8) is 0 Å². The van der Waals surface area contributed by atoms with Gasteiger partial charge in [0, 0.05) is 11.6 Å². The minimum absolute atomic E-state index is 0.448. The summed E-state index contributed by atoms with van der Waals surface area (Å²) in [5.41, 5.74) is 5.54. The summed E-state index contributed by atoms with van der Waals surface area (Å²) in [7, 11) is 0. The lowest BCUT2D eigenvalue weighted by Gasteiger charge is -2.40. The van der Waals surface area contributed by atoms with Crippen LogP contribution in [0.2, 0.25) is 0 Å². The first-order valence-corrected chi connectivity index (χ1v) is 10.4. The van der Waals surface area contributed by atoms with Crippen molar-refractivity contribution >= 4 is 10.9 Å². The highest BCUT2D eigenvalue weighted by molar-refractivity contribution is 5.87. The molecule has 1 aliphatic heterocycles. The van der Waals surface area contributed by atoms with Crippen LogP contribution >= 0.6 is 0 Å². The smallest absolute Gasteiger partial charge is 0.163 e. The maximum Gasteiger partial charge on any atom is 0.163 e. The average Bonchev–Trinajstić information content (AvgIpc) is 3.12. The van der Waals surface area contributed by atoms with Gasteiger partial charge in [0.1, 0.15) is 24.4 Å². The van der Waals surface area contributed by atoms with Gasteiger partial charge in [0.25, 0.3) is 0 Å². The topological polar surface area (TPSA) is 95.1 Å². The van der Waals surface area contributed by atoms with Crippen LogP contribution in [0.15, 0.2) is 48.7 Å². The largest absolute Gasteiger partial charge is 0.394 e. The van der Waals surface area contributed by atoms with Crippen LogP contribution < -0.4 is 0 Å². The Hall–Kier alpha value is -2.22. The van der Waals surface area contributed by atoms with Crippen LogP contribution in [0.25, 0.3) is 10.9 Å². The van der Waals surface area contributed by atoms with E-state index in [0.717, 1.165) is 34.9 Å². The van der Waals surface area contributed by atoms with Crippen molar-refractivity contribution in [1.82, 2.24) is 4.57 Å². The summed E-state index contributed by atoms with van der Waals surface area (Å²) in [6.45, 7) is 3.73. The van der Waals surface area contributed by atoms with Gasteiger partial charge in [0.2, 0.25) is 0 Å². The molecule has 1 saturated heterocycles. The molecule has 30 heavy (non-hydrogen) atoms. The van der Waals surface area contributed by atoms with Crippen LogP contribution in [-0.4, -0.2) is 56.0 Å². The highest BCUT2D eigenvalue weighted by atomic mass is 16.6. The van der Waals surface area contributed by atoms with E-state index in [1.54, 1.807) is 4.57 Å². The van der Waals surface area contributed by atoms with Crippen LogP contribution in [0.5, 0.6) is 0 Å². The molecule has 0 aliphatic carbocycles. The molecule has 1 aromatic heterocycles. The molecule has 4 N–H and O–H groups in total. The van der Waals surface area contributed by atoms with Crippen molar-refractivity contribution < 1.29 is 25.2 Å². The quantitative estimate of drug-likeness (QED) is 0.516. The number of ether oxygens (including phenoxy) is 1. The first kappa shape index (κ1) is 21.0. The Balaban J connectivity index is 1.76. The number of aryl methyl sites for hydroxylation is 2. The molecule has 4 rings (SSSR count). The van der Waals surface area contributed by atoms with Crippen molar-refractivity contribution in [1.29, 1.82) is 0 Å². The Morgan fingerprint density at radius 1 is 0.933 bits per heavy atom. The zero-order valence-electron chi connectivity index (χ0n) is 17.3. The first-order valence-electron chi connectivity index (χ1n) is 10.4. The maximum atomic E-state index is 10.6. The highest BCUT2D eigenvalue weighted by Crippen LogP contribution is 2.35. The van der Waals surface area contributed by atoms with Gasteiger partial charge in [0.15, 0.2) is 6.23 Å². The Labute approximate surface area is 176 Å². The molecule has 5 atom stereocenters. The molecule has 0 spiro atoms. The Morgan fingerprint density at radius 3 is 2.30 bits per heavy atom. The zero-order chi connectivity index (χ0) is 21.4. The normalized spacial score (nSPS) is 26.9. The summed E-state index contributed by atoms with van der Waals surface area (Å²) < 4.78 is 7.62. The van der Waals surface area contributed by atoms with E-state index >= 15 is 0 Å². The Morgan fingerprint density at radius 2 is 1.63 bits per heavy atom. The predicted molar refractivity (Wildman–Crippen MR) is 114 cm³/mol. The number of aliphatic hydroxyl groups excluding tert-OH is 4. The number of fused-ring (bicyclic) bond motifs is 1. The van der Waals surface area contributed by atoms with E-state index < -0.39 is 37.3 Å². The molecule has 2 heterocycles. The molecular weight excluding hydrogens is 382 g/mol. The molecule has 3 aromatic rings. The van der Waals surface area contributed by atoms with Gasteiger partial charge in [-0.3, -0.25) is 0 Å². The molecule has 0 amide bonds. The maximum absolute atomic E-state index is 10.6. The standard InChI is InChI=1S/C24H29NO5/c1-3-15-7-9-16(10-8-15)11-17-12-25(18-6-4-5-14(2)20(17)18)24-23(29)22(28)21(27)19(13-26)30-24/h4-10,12,19,21-24,26-29H,3,11,13H2,1-2H3/t19-,21-,22+,23-,24-/m1/s1. The fraction of sp³-hybridized carbons (Fsp3) is 0.417. The molecule has 6 heteroatoms. The van der Waals surface area contributed by atoms with E-state index in [-0.39, 0.29) is 0 Å². The zero-order valence-corrected chi connectivity index (χ0v) is 17.3. The van der Waals surface area contributed by atoms with E-state index in [2.05, 4.69) is 31.2 Å². The number of hydrogen-bond donors (Lipinski definition) is 4. The van der Waals surface area contributed by atoms with Gasteiger partial charge >= 0.3 is 0 Å². The number of rotatable bonds is 5. The summed E-state index contributed by atoms with van der Waals surface area (Å²) in [5.74, 6) is 0. The third kappa shape index (κ3) is 3.66. The van der Waals surface area contributed by atoms with Gasteiger partial charge in [0.05, 0.1) is 12.1 Å². The average molecular weight is 411 g/mol. The molecule has 0 unspecified atom stereocenters. The number of hydrogen-bond acceptors (Lipinski definition) is 5. The molecule has 0 bridgehead atoms. The molecule has 160 valence electrons. The van der Waals surface area contributed by atoms with Gasteiger partial charge in [-0.05, 0) is 48.1 Å². The number of aliphatic hydroxyl groups is 4. The number of nitrogens with zero attached hydrogens (tertiary/aromatic N) is 1. The molecule has 1 aliphatic rings. The third-order valence-electron chi connectivity index (χ3n) is 6.11. The van der Waals surface area contributed by atoms with Gasteiger partial charge < -0.3 is 29.7 Å². The minimum Gasteiger partial charge on any atom is -0.394 e. The number of aromatic nitrogens is 1. The molecule has 2 aromatic carbocycles. The second-order valence-corrected chi connectivity index (χ2v) is 8.10. The van der Waals surface area contributed by atoms with E-state index in [4.69, 9.17) is 4.74 Å². The molecule has 0 saturated carbocycles. The summed E-state index contributed by atoms with van der Waals surface area (Å²) >= 11 is 0. The van der Waals surface area contributed by atoms with E-state index in [0.29, 0.717) is 0 Å². The second-order valence-electron chi connectivity index (χ2n) is 8.10. The Bertz CT molecular complexity index is 1010. The van der Waals surface area contributed by atoms with Gasteiger partial charge in [-0.25, -0.2) is 0 Å². The summed E-state index contributed by atoms with van der Waals surface area (Å²) in [5, 5.41) is 41.6. The van der Waals surface area contributed by atoms with Crippen molar-refractivity contribution in [3.05, 3.63) is 70.9 Å². The summed E-state index contributed by atoms with van der Waals surface area (Å²) in [6.07, 6.45) is -2.31. The van der Waals surface area contributed by atoms with E-state index in [1.807, 2.05) is 31.3 Å². The predicted octanol–water partition coefficient (Wildman–Crippen LogP) is 2.08. The van der Waals surface area contributed by atoms with E-state index in [1.165, 1.54) is 11.1 Å². The minimum atomic E-state index is -1.41. The van der Waals surface area contributed by atoms with Crippen molar-refractivity contribution in [3.8, 4) is 0 Å². The third-order valence-corrected chi connectivity index (χ3v) is 6.11. The lowest BCUT2D eigenvalue weighted by Crippen LogP contribution is -2.56. The summed E-state index contributed by atoms with van der Waals surface area (Å²) in [4.78, 5) is 0. The fourth-order valence-electron chi connectivity index (χ4n) is 4.36. The van der Waals surface area contributed by atoms with Crippen LogP contribution in [0.4, 0.5) is 0 Å². The van der Waals surface area contributed by atoms with Crippen LogP contribution in [0, 0.1) is 6.92 Å². The van der Waals surface area contributed by atoms with Crippen molar-refractivity contribution in [2.75, 3.05) is 6.61 Å². The van der Waals surface area contributed by atoms with Crippen molar-refractivity contribution in [2.45, 2.75) is 57.3 Å². The van der Waals surface area contributed by atoms with E-state index in [9.17, 15) is 20.4 Å². The summed E-state index contributed by atoms with van der Waals surface area (Å²) in [6, 6.07) is 14.5. The monoisotopic (exact) mass is 411 g/mol. The number of benzene rings is 2. The molecule has 0 radical (unpaired) electrons. The van der Waals surface area contributed by atoms with Crippen LogP contribution in [0.3, 0.4) is 0 Å². The molecule has 1 fully saturated rings. The SMILES string of the molecule is CCc1ccc(Cc2cn([C@@H]3O[C@H](CO)[C@@H](O)[C@H](O)[C@H]3O)c3cccc(C)c23)cc1. The fourth-order valence-corrected chi connectivity index (χ4v) is 4.36. The molecule has 6 nitrogen and oxygen atoms in total. The van der Waals surface area contributed by atoms with Crippen LogP contribution in [-0.2, 0) is 17.6 Å². The van der Waals surface area contributed by atoms with Crippen LogP contribution in [0.1, 0.15) is 35.4 Å². The lowest BCUT2D eigenvalue weighted by atomic mass is 9.98. The Kier molecular flexibility index (Phi) is 5.95. The van der Waals surface area contributed by atoms with Gasteiger partial charge in [-0.15, -0.1) is 0 Å². The second kappa shape index (κ2) is 8.49. The highest BCUT2D eigenvalue weighted by Gasteiger charge is 2.44.